The molecular formula is C28H38FN7. The normalized spacial score (nSPS) is 15.0. The van der Waals surface area contributed by atoms with Crippen LogP contribution in [0, 0.1) is 19.7 Å². The van der Waals surface area contributed by atoms with E-state index in [1.807, 2.05) is 52.1 Å². The Hall–Kier alpha value is -2.97. The number of fused-ring (bicyclic) bond motifs is 2. The molecule has 0 N–H and O–H groups in total. The van der Waals surface area contributed by atoms with Gasteiger partial charge in [-0.2, -0.15) is 15.3 Å². The monoisotopic (exact) mass is 491 g/mol. The molecule has 0 radical (unpaired) electrons. The van der Waals surface area contributed by atoms with Gasteiger partial charge in [0.15, 0.2) is 5.65 Å². The Morgan fingerprint density at radius 3 is 2.50 bits per heavy atom. The fourth-order valence-electron chi connectivity index (χ4n) is 4.91. The maximum absolute atomic E-state index is 15.2. The molecule has 1 saturated heterocycles. The topological polar surface area (TPSA) is 62.5 Å². The summed E-state index contributed by atoms with van der Waals surface area (Å²) in [7, 11) is 4.23. The molecule has 0 bridgehead atoms. The highest BCUT2D eigenvalue weighted by Crippen LogP contribution is 2.31. The van der Waals surface area contributed by atoms with Gasteiger partial charge in [-0.3, -0.25) is 0 Å². The molecule has 36 heavy (non-hydrogen) atoms. The minimum absolute atomic E-state index is 0.286. The summed E-state index contributed by atoms with van der Waals surface area (Å²) in [5.41, 5.74) is 5.54. The number of hydrogen-bond donors (Lipinski definition) is 0. The van der Waals surface area contributed by atoms with Crippen LogP contribution in [0.1, 0.15) is 56.0 Å². The van der Waals surface area contributed by atoms with Crippen molar-refractivity contribution >= 4 is 16.6 Å². The van der Waals surface area contributed by atoms with Crippen LogP contribution in [0.5, 0.6) is 0 Å². The molecule has 1 aromatic carbocycles. The lowest BCUT2D eigenvalue weighted by Crippen LogP contribution is -2.35. The predicted molar refractivity (Wildman–Crippen MR) is 144 cm³/mol. The lowest BCUT2D eigenvalue weighted by atomic mass is 9.92. The SMILES string of the molecule is CC.Cc1cn2nc(-c3cc(F)c4cc(C5CCN(CCCN(C)C)CC5)nnc4c3)cc(C)c2n1. The average molecular weight is 492 g/mol. The number of nitrogens with zero attached hydrogens (tertiary/aromatic N) is 7. The number of aryl methyl sites for hydroxylation is 2. The van der Waals surface area contributed by atoms with Crippen molar-refractivity contribution in [2.24, 2.45) is 0 Å². The maximum Gasteiger partial charge on any atom is 0.156 e. The lowest BCUT2D eigenvalue weighted by Gasteiger charge is -2.31. The van der Waals surface area contributed by atoms with Crippen molar-refractivity contribution in [1.29, 1.82) is 0 Å². The number of benzene rings is 1. The first-order chi connectivity index (χ1) is 17.4. The number of hydrogen-bond acceptors (Lipinski definition) is 6. The smallest absolute Gasteiger partial charge is 0.156 e. The molecular weight excluding hydrogens is 453 g/mol. The Balaban J connectivity index is 0.00000148. The van der Waals surface area contributed by atoms with E-state index in [-0.39, 0.29) is 5.82 Å². The van der Waals surface area contributed by atoms with Gasteiger partial charge in [-0.1, -0.05) is 13.8 Å². The molecule has 5 rings (SSSR count). The van der Waals surface area contributed by atoms with Crippen LogP contribution in [-0.4, -0.2) is 74.9 Å². The van der Waals surface area contributed by atoms with Gasteiger partial charge in [-0.15, -0.1) is 0 Å². The zero-order chi connectivity index (χ0) is 25.8. The first-order valence-corrected chi connectivity index (χ1v) is 13.1. The standard InChI is InChI=1S/C26H32FN7.C2H6/c1-17-12-24(31-34-16-18(2)28-26(17)34)20-13-22(27)21-15-23(29-30-25(21)14-20)19-6-10-33(11-7-19)9-5-8-32(3)4;1-2/h12-16,19H,5-11H2,1-4H3;1-2H3. The van der Waals surface area contributed by atoms with Crippen LogP contribution in [0.15, 0.2) is 30.5 Å². The van der Waals surface area contributed by atoms with Crippen molar-refractivity contribution in [3.63, 3.8) is 0 Å². The first kappa shape index (κ1) is 26.1. The maximum atomic E-state index is 15.2. The van der Waals surface area contributed by atoms with Gasteiger partial charge in [-0.05, 0) is 103 Å². The van der Waals surface area contributed by atoms with Crippen LogP contribution in [0.4, 0.5) is 4.39 Å². The van der Waals surface area contributed by atoms with Crippen LogP contribution in [0.3, 0.4) is 0 Å². The van der Waals surface area contributed by atoms with Crippen molar-refractivity contribution in [1.82, 2.24) is 34.6 Å². The molecule has 0 unspecified atom stereocenters. The minimum Gasteiger partial charge on any atom is -0.309 e. The molecule has 0 spiro atoms. The van der Waals surface area contributed by atoms with E-state index in [9.17, 15) is 0 Å². The Morgan fingerprint density at radius 1 is 1.03 bits per heavy atom. The fourth-order valence-corrected chi connectivity index (χ4v) is 4.91. The van der Waals surface area contributed by atoms with Gasteiger partial charge in [0, 0.05) is 16.9 Å². The largest absolute Gasteiger partial charge is 0.309 e. The average Bonchev–Trinajstić information content (AvgIpc) is 3.26. The number of piperidine rings is 1. The lowest BCUT2D eigenvalue weighted by molar-refractivity contribution is 0.201. The second-order valence-corrected chi connectivity index (χ2v) is 9.80. The van der Waals surface area contributed by atoms with Gasteiger partial charge >= 0.3 is 0 Å². The Labute approximate surface area is 213 Å². The molecule has 1 fully saturated rings. The van der Waals surface area contributed by atoms with E-state index in [2.05, 4.69) is 44.2 Å². The second kappa shape index (κ2) is 11.4. The van der Waals surface area contributed by atoms with Crippen LogP contribution in [0.25, 0.3) is 27.8 Å². The van der Waals surface area contributed by atoms with Crippen LogP contribution >= 0.6 is 0 Å². The number of likely N-dealkylation sites (tertiary alicyclic amines) is 1. The van der Waals surface area contributed by atoms with Crippen LogP contribution < -0.4 is 0 Å². The highest BCUT2D eigenvalue weighted by Gasteiger charge is 2.23. The summed E-state index contributed by atoms with van der Waals surface area (Å²) in [6, 6.07) is 7.27. The van der Waals surface area contributed by atoms with E-state index in [0.717, 1.165) is 61.6 Å². The predicted octanol–water partition coefficient (Wildman–Crippen LogP) is 5.25. The van der Waals surface area contributed by atoms with Gasteiger partial charge in [0.05, 0.1) is 28.8 Å². The summed E-state index contributed by atoms with van der Waals surface area (Å²) in [5.74, 6) is 0.0448. The van der Waals surface area contributed by atoms with Crippen LogP contribution in [0.2, 0.25) is 0 Å². The third kappa shape index (κ3) is 5.71. The van der Waals surface area contributed by atoms with E-state index >= 15 is 4.39 Å². The summed E-state index contributed by atoms with van der Waals surface area (Å²) in [6.45, 7) is 12.3. The number of aromatic nitrogens is 5. The summed E-state index contributed by atoms with van der Waals surface area (Å²) < 4.78 is 17.0. The summed E-state index contributed by atoms with van der Waals surface area (Å²) in [5, 5.41) is 14.1. The molecule has 8 heteroatoms. The Bertz CT molecular complexity index is 1320. The highest BCUT2D eigenvalue weighted by molar-refractivity contribution is 5.84. The number of imidazole rings is 1. The summed E-state index contributed by atoms with van der Waals surface area (Å²) >= 11 is 0. The zero-order valence-corrected chi connectivity index (χ0v) is 22.4. The molecule has 0 saturated carbocycles. The summed E-state index contributed by atoms with van der Waals surface area (Å²) in [4.78, 5) is 9.24. The van der Waals surface area contributed by atoms with Crippen molar-refractivity contribution in [2.45, 2.75) is 52.9 Å². The van der Waals surface area contributed by atoms with E-state index in [1.54, 1.807) is 10.6 Å². The molecule has 0 amide bonds. The molecule has 1 aliphatic heterocycles. The molecule has 1 aliphatic rings. The third-order valence-electron chi connectivity index (χ3n) is 6.78. The molecule has 7 nitrogen and oxygen atoms in total. The number of halogens is 1. The fraction of sp³-hybridized carbons (Fsp3) is 0.500. The van der Waals surface area contributed by atoms with Gasteiger partial charge < -0.3 is 9.80 Å². The van der Waals surface area contributed by atoms with Crippen molar-refractivity contribution in [2.75, 3.05) is 40.3 Å². The zero-order valence-electron chi connectivity index (χ0n) is 22.4. The van der Waals surface area contributed by atoms with E-state index in [0.29, 0.717) is 28.1 Å². The van der Waals surface area contributed by atoms with Gasteiger partial charge in [0.1, 0.15) is 5.82 Å². The Kier molecular flexibility index (Phi) is 8.26. The molecule has 0 atom stereocenters. The Morgan fingerprint density at radius 2 is 1.78 bits per heavy atom. The molecule has 192 valence electrons. The third-order valence-corrected chi connectivity index (χ3v) is 6.78. The van der Waals surface area contributed by atoms with Gasteiger partial charge in [0.25, 0.3) is 0 Å². The van der Waals surface area contributed by atoms with E-state index < -0.39 is 0 Å². The number of rotatable bonds is 6. The van der Waals surface area contributed by atoms with Crippen molar-refractivity contribution in [3.8, 4) is 11.3 Å². The minimum atomic E-state index is -0.286. The van der Waals surface area contributed by atoms with Gasteiger partial charge in [-0.25, -0.2) is 13.9 Å². The van der Waals surface area contributed by atoms with Crippen LogP contribution in [-0.2, 0) is 0 Å². The molecule has 4 heterocycles. The quantitative estimate of drug-likeness (QED) is 0.367. The van der Waals surface area contributed by atoms with Gasteiger partial charge in [0.2, 0.25) is 0 Å². The summed E-state index contributed by atoms with van der Waals surface area (Å²) in [6.07, 6.45) is 5.14. The highest BCUT2D eigenvalue weighted by atomic mass is 19.1. The van der Waals surface area contributed by atoms with Crippen molar-refractivity contribution in [3.05, 3.63) is 53.2 Å². The first-order valence-electron chi connectivity index (χ1n) is 13.1. The second-order valence-electron chi connectivity index (χ2n) is 9.80. The molecule has 3 aromatic heterocycles. The van der Waals surface area contributed by atoms with E-state index in [1.165, 1.54) is 6.42 Å². The van der Waals surface area contributed by atoms with E-state index in [4.69, 9.17) is 0 Å². The molecule has 4 aromatic rings. The molecule has 0 aliphatic carbocycles. The van der Waals surface area contributed by atoms with Crippen molar-refractivity contribution < 1.29 is 4.39 Å².